The summed E-state index contributed by atoms with van der Waals surface area (Å²) in [6.45, 7) is 7.27. The number of carbonyl (C=O) groups is 1. The van der Waals surface area contributed by atoms with Crippen molar-refractivity contribution in [2.24, 2.45) is 0 Å². The van der Waals surface area contributed by atoms with Crippen LogP contribution in [0.2, 0.25) is 6.04 Å². The van der Waals surface area contributed by atoms with Gasteiger partial charge >= 0.3 is 14.8 Å². The summed E-state index contributed by atoms with van der Waals surface area (Å²) >= 11 is 0. The van der Waals surface area contributed by atoms with E-state index in [2.05, 4.69) is 13.5 Å². The van der Waals surface area contributed by atoms with Gasteiger partial charge in [0, 0.05) is 25.8 Å². The Balaban J connectivity index is 3.66. The zero-order valence-electron chi connectivity index (χ0n) is 19.6. The molecule has 0 heterocycles. The first-order valence-electron chi connectivity index (χ1n) is 11.6. The van der Waals surface area contributed by atoms with Crippen molar-refractivity contribution in [1.82, 2.24) is 0 Å². The van der Waals surface area contributed by atoms with Crippen molar-refractivity contribution in [1.29, 1.82) is 0 Å². The molecule has 0 fully saturated rings. The van der Waals surface area contributed by atoms with Gasteiger partial charge in [-0.2, -0.15) is 0 Å². The summed E-state index contributed by atoms with van der Waals surface area (Å²) in [5.41, 5.74) is 0.350. The maximum absolute atomic E-state index is 11.4. The largest absolute Gasteiger partial charge is 0.502 e. The number of rotatable bonds is 21. The zero-order valence-corrected chi connectivity index (χ0v) is 20.6. The van der Waals surface area contributed by atoms with Crippen molar-refractivity contribution in [2.75, 3.05) is 21.0 Å². The van der Waals surface area contributed by atoms with Crippen LogP contribution in [0.4, 0.5) is 0 Å². The second-order valence-electron chi connectivity index (χ2n) is 7.91. The van der Waals surface area contributed by atoms with Crippen molar-refractivity contribution < 1.29 is 22.8 Å². The average molecular weight is 431 g/mol. The van der Waals surface area contributed by atoms with Gasteiger partial charge in [-0.15, -0.1) is 0 Å². The highest BCUT2D eigenvalue weighted by Gasteiger charge is 2.38. The Morgan fingerprint density at radius 1 is 0.759 bits per heavy atom. The van der Waals surface area contributed by atoms with Crippen LogP contribution >= 0.6 is 0 Å². The minimum atomic E-state index is -2.75. The standard InChI is InChI=1S/C23H46O5Si/c1-6-7-8-9-10-11-12-13-14-15-16-17-18-19-20-29(25-4,26-5)28-21-27-23(24)22(2)3/h2,6-21H2,1,3-5H3. The van der Waals surface area contributed by atoms with E-state index in [1.54, 1.807) is 21.1 Å². The molecule has 29 heavy (non-hydrogen) atoms. The molecule has 0 saturated carbocycles. The van der Waals surface area contributed by atoms with E-state index < -0.39 is 14.8 Å². The Morgan fingerprint density at radius 3 is 1.55 bits per heavy atom. The zero-order chi connectivity index (χ0) is 21.8. The molecule has 0 bridgehead atoms. The van der Waals surface area contributed by atoms with Gasteiger partial charge in [0.1, 0.15) is 0 Å². The molecule has 0 radical (unpaired) electrons. The fourth-order valence-corrected chi connectivity index (χ4v) is 5.19. The highest BCUT2D eigenvalue weighted by molar-refractivity contribution is 6.60. The monoisotopic (exact) mass is 430 g/mol. The number of hydrogen-bond donors (Lipinski definition) is 0. The van der Waals surface area contributed by atoms with Crippen molar-refractivity contribution in [2.45, 2.75) is 110 Å². The van der Waals surface area contributed by atoms with Crippen LogP contribution in [0.1, 0.15) is 104 Å². The van der Waals surface area contributed by atoms with Gasteiger partial charge in [0.25, 0.3) is 0 Å². The average Bonchev–Trinajstić information content (AvgIpc) is 2.72. The maximum Gasteiger partial charge on any atom is 0.502 e. The normalized spacial score (nSPS) is 11.6. The predicted molar refractivity (Wildman–Crippen MR) is 122 cm³/mol. The summed E-state index contributed by atoms with van der Waals surface area (Å²) in [7, 11) is 0.440. The quantitative estimate of drug-likeness (QED) is 0.0659. The van der Waals surface area contributed by atoms with Crippen LogP contribution in [0.15, 0.2) is 12.2 Å². The van der Waals surface area contributed by atoms with Crippen LogP contribution < -0.4 is 0 Å². The predicted octanol–water partition coefficient (Wildman–Crippen LogP) is 6.79. The smallest absolute Gasteiger partial charge is 0.436 e. The van der Waals surface area contributed by atoms with E-state index >= 15 is 0 Å². The van der Waals surface area contributed by atoms with E-state index in [9.17, 15) is 4.79 Å². The first kappa shape index (κ1) is 28.3. The van der Waals surface area contributed by atoms with Gasteiger partial charge in [0.2, 0.25) is 0 Å². The molecule has 0 atom stereocenters. The molecule has 0 aromatic rings. The fraction of sp³-hybridized carbons (Fsp3) is 0.870. The third kappa shape index (κ3) is 15.8. The Labute approximate surface area is 180 Å². The number of ether oxygens (including phenoxy) is 1. The van der Waals surface area contributed by atoms with Crippen LogP contribution in [0.3, 0.4) is 0 Å². The summed E-state index contributed by atoms with van der Waals surface area (Å²) in [5.74, 6) is -0.461. The number of unbranched alkanes of at least 4 members (excludes halogenated alkanes) is 13. The van der Waals surface area contributed by atoms with E-state index in [-0.39, 0.29) is 6.79 Å². The van der Waals surface area contributed by atoms with Crippen molar-refractivity contribution in [3.8, 4) is 0 Å². The molecule has 0 rings (SSSR count). The third-order valence-corrected chi connectivity index (χ3v) is 8.04. The van der Waals surface area contributed by atoms with Crippen LogP contribution in [0, 0.1) is 0 Å². The van der Waals surface area contributed by atoms with Crippen molar-refractivity contribution >= 4 is 14.8 Å². The molecule has 6 heteroatoms. The molecule has 0 aliphatic heterocycles. The molecule has 0 unspecified atom stereocenters. The molecule has 0 N–H and O–H groups in total. The third-order valence-electron chi connectivity index (χ3n) is 5.28. The molecule has 0 spiro atoms. The number of esters is 1. The van der Waals surface area contributed by atoms with E-state index in [0.29, 0.717) is 5.57 Å². The lowest BCUT2D eigenvalue weighted by molar-refractivity contribution is -0.147. The molecule has 0 aliphatic carbocycles. The molecular formula is C23H46O5Si. The van der Waals surface area contributed by atoms with Crippen molar-refractivity contribution in [3.63, 3.8) is 0 Å². The van der Waals surface area contributed by atoms with Gasteiger partial charge in [0.05, 0.1) is 0 Å². The van der Waals surface area contributed by atoms with Crippen LogP contribution in [-0.2, 0) is 22.8 Å². The molecule has 0 aliphatic rings. The first-order valence-corrected chi connectivity index (χ1v) is 13.5. The van der Waals surface area contributed by atoms with Crippen LogP contribution in [0.25, 0.3) is 0 Å². The molecule has 0 aromatic carbocycles. The van der Waals surface area contributed by atoms with Gasteiger partial charge in [-0.3, -0.25) is 0 Å². The summed E-state index contributed by atoms with van der Waals surface area (Å²) < 4.78 is 21.7. The molecule has 0 saturated heterocycles. The van der Waals surface area contributed by atoms with Gasteiger partial charge < -0.3 is 18.0 Å². The summed E-state index contributed by atoms with van der Waals surface area (Å²) in [6.07, 6.45) is 18.5. The molecule has 5 nitrogen and oxygen atoms in total. The van der Waals surface area contributed by atoms with Crippen LogP contribution in [-0.4, -0.2) is 35.8 Å². The number of carbonyl (C=O) groups excluding carboxylic acids is 1. The van der Waals surface area contributed by atoms with Crippen molar-refractivity contribution in [3.05, 3.63) is 12.2 Å². The Kier molecular flexibility index (Phi) is 18.8. The molecule has 172 valence electrons. The molecule has 0 aromatic heterocycles. The first-order chi connectivity index (χ1) is 14.0. The van der Waals surface area contributed by atoms with Gasteiger partial charge in [-0.1, -0.05) is 97.0 Å². The maximum atomic E-state index is 11.4. The van der Waals surface area contributed by atoms with E-state index in [1.807, 2.05) is 0 Å². The fourth-order valence-electron chi connectivity index (χ4n) is 3.31. The van der Waals surface area contributed by atoms with Crippen LogP contribution in [0.5, 0.6) is 0 Å². The highest BCUT2D eigenvalue weighted by atomic mass is 28.4. The Hall–Kier alpha value is -0.693. The lowest BCUT2D eigenvalue weighted by Gasteiger charge is -2.26. The second kappa shape index (κ2) is 19.3. The van der Waals surface area contributed by atoms with E-state index in [4.69, 9.17) is 18.0 Å². The summed E-state index contributed by atoms with van der Waals surface area (Å²) in [4.78, 5) is 11.4. The Bertz CT molecular complexity index is 410. The second-order valence-corrected chi connectivity index (χ2v) is 10.9. The Morgan fingerprint density at radius 2 is 1.17 bits per heavy atom. The lowest BCUT2D eigenvalue weighted by atomic mass is 10.0. The SMILES string of the molecule is C=C(C)C(=O)OCO[Si](CCCCCCCCCCCCCCCC)(OC)OC. The molecular weight excluding hydrogens is 384 g/mol. The topological polar surface area (TPSA) is 54.0 Å². The van der Waals surface area contributed by atoms with Gasteiger partial charge in [-0.05, 0) is 13.3 Å². The minimum Gasteiger partial charge on any atom is -0.436 e. The highest BCUT2D eigenvalue weighted by Crippen LogP contribution is 2.20. The number of hydrogen-bond acceptors (Lipinski definition) is 5. The minimum absolute atomic E-state index is 0.155. The lowest BCUT2D eigenvalue weighted by Crippen LogP contribution is -2.44. The summed E-state index contributed by atoms with van der Waals surface area (Å²) in [5, 5.41) is 0. The molecule has 0 amide bonds. The van der Waals surface area contributed by atoms with Gasteiger partial charge in [0.15, 0.2) is 6.79 Å². The van der Waals surface area contributed by atoms with E-state index in [1.165, 1.54) is 77.0 Å². The van der Waals surface area contributed by atoms with Gasteiger partial charge in [-0.25, -0.2) is 4.79 Å². The summed E-state index contributed by atoms with van der Waals surface area (Å²) in [6, 6.07) is 0.739. The van der Waals surface area contributed by atoms with E-state index in [0.717, 1.165) is 18.9 Å².